The van der Waals surface area contributed by atoms with E-state index in [1.807, 2.05) is 6.92 Å². The van der Waals surface area contributed by atoms with Crippen LogP contribution in [0.1, 0.15) is 46.0 Å². The monoisotopic (exact) mass is 347 g/mol. The molecule has 0 aromatic heterocycles. The van der Waals surface area contributed by atoms with Crippen LogP contribution in [-0.2, 0) is 24.3 Å². The molecule has 0 saturated carbocycles. The van der Waals surface area contributed by atoms with E-state index in [9.17, 15) is 8.42 Å². The van der Waals surface area contributed by atoms with Crippen molar-refractivity contribution in [2.24, 2.45) is 0 Å². The molecule has 1 unspecified atom stereocenters. The highest BCUT2D eigenvalue weighted by Crippen LogP contribution is 2.11. The van der Waals surface area contributed by atoms with Crippen molar-refractivity contribution in [3.8, 4) is 0 Å². The van der Waals surface area contributed by atoms with Crippen LogP contribution in [0.5, 0.6) is 0 Å². The van der Waals surface area contributed by atoms with Gasteiger partial charge in [0.1, 0.15) is 0 Å². The predicted molar refractivity (Wildman–Crippen MR) is 80.1 cm³/mol. The van der Waals surface area contributed by atoms with Crippen LogP contribution in [0, 0.1) is 0 Å². The van der Waals surface area contributed by atoms with Gasteiger partial charge in [-0.15, -0.1) is 0 Å². The van der Waals surface area contributed by atoms with Gasteiger partial charge in [-0.2, -0.15) is 8.42 Å². The van der Waals surface area contributed by atoms with E-state index >= 15 is 0 Å². The molecule has 0 radical (unpaired) electrons. The predicted octanol–water partition coefficient (Wildman–Crippen LogP) is 0.589. The van der Waals surface area contributed by atoms with Crippen LogP contribution in [0.2, 0.25) is 0 Å². The van der Waals surface area contributed by atoms with Gasteiger partial charge in [-0.1, -0.05) is 38.8 Å². The van der Waals surface area contributed by atoms with Crippen molar-refractivity contribution in [2.75, 3.05) is 26.4 Å². The van der Waals surface area contributed by atoms with Crippen LogP contribution >= 0.6 is 0 Å². The summed E-state index contributed by atoms with van der Waals surface area (Å²) in [7, 11) is -4.27. The zero-order valence-corrected chi connectivity index (χ0v) is 14.0. The third-order valence-corrected chi connectivity index (χ3v) is 2.86. The molecule has 0 fully saturated rings. The maximum atomic E-state index is 10.4. The standard InChI is InChI=1S/C8H18O4S.C4H11NO4/c1-3-5-6-7-8(4-2)12-13(9,10)11;6-1-3-8-5-9-4-2-7/h8H,3-7H2,1-2H3,(H,9,10,11);5-7H,1-4H2. The summed E-state index contributed by atoms with van der Waals surface area (Å²) in [6.45, 7) is 4.13. The molecular formula is C12H29NO8S. The van der Waals surface area contributed by atoms with Crippen LogP contribution < -0.4 is 5.64 Å². The molecule has 1 atom stereocenters. The molecule has 0 heterocycles. The molecule has 0 aliphatic rings. The van der Waals surface area contributed by atoms with E-state index < -0.39 is 10.4 Å². The third kappa shape index (κ3) is 22.0. The molecule has 0 aromatic rings. The second-order valence-electron chi connectivity index (χ2n) is 4.28. The van der Waals surface area contributed by atoms with Gasteiger partial charge in [0, 0.05) is 0 Å². The third-order valence-electron chi connectivity index (χ3n) is 2.35. The summed E-state index contributed by atoms with van der Waals surface area (Å²) in [6, 6.07) is 0. The summed E-state index contributed by atoms with van der Waals surface area (Å²) >= 11 is 0. The Balaban J connectivity index is 0. The molecule has 0 saturated heterocycles. The zero-order valence-electron chi connectivity index (χ0n) is 13.2. The molecule has 10 heteroatoms. The molecule has 0 aliphatic carbocycles. The fraction of sp³-hybridized carbons (Fsp3) is 1.00. The Hall–Kier alpha value is -0.330. The van der Waals surface area contributed by atoms with Crippen molar-refractivity contribution in [1.29, 1.82) is 0 Å². The van der Waals surface area contributed by atoms with Gasteiger partial charge >= 0.3 is 10.4 Å². The second-order valence-corrected chi connectivity index (χ2v) is 5.33. The highest BCUT2D eigenvalue weighted by molar-refractivity contribution is 7.80. The summed E-state index contributed by atoms with van der Waals surface area (Å²) < 4.78 is 33.6. The number of unbranched alkanes of at least 4 members (excludes halogenated alkanes) is 2. The van der Waals surface area contributed by atoms with Crippen molar-refractivity contribution in [1.82, 2.24) is 5.64 Å². The normalized spacial score (nSPS) is 12.6. The van der Waals surface area contributed by atoms with Gasteiger partial charge in [-0.05, 0) is 12.8 Å². The van der Waals surface area contributed by atoms with E-state index in [-0.39, 0.29) is 32.5 Å². The molecule has 136 valence electrons. The van der Waals surface area contributed by atoms with E-state index in [4.69, 9.17) is 14.8 Å². The van der Waals surface area contributed by atoms with Crippen LogP contribution in [0.4, 0.5) is 0 Å². The fourth-order valence-corrected chi connectivity index (χ4v) is 1.91. The highest BCUT2D eigenvalue weighted by Gasteiger charge is 2.14. The van der Waals surface area contributed by atoms with Gasteiger partial charge in [0.15, 0.2) is 0 Å². The summed E-state index contributed by atoms with van der Waals surface area (Å²) in [5.74, 6) is 0. The van der Waals surface area contributed by atoms with Gasteiger partial charge in [-0.3, -0.25) is 14.2 Å². The van der Waals surface area contributed by atoms with E-state index in [1.165, 1.54) is 0 Å². The number of hydrogen-bond acceptors (Lipinski definition) is 8. The number of aliphatic hydroxyl groups is 2. The Labute approximate surface area is 132 Å². The quantitative estimate of drug-likeness (QED) is 0.214. The van der Waals surface area contributed by atoms with Gasteiger partial charge in [0.2, 0.25) is 0 Å². The highest BCUT2D eigenvalue weighted by atomic mass is 32.3. The molecule has 0 amide bonds. The second kappa shape index (κ2) is 17.0. The molecule has 0 bridgehead atoms. The average Bonchev–Trinajstić information content (AvgIpc) is 2.46. The first-order valence-corrected chi connectivity index (χ1v) is 8.63. The van der Waals surface area contributed by atoms with Crippen LogP contribution in [0.3, 0.4) is 0 Å². The Kier molecular flexibility index (Phi) is 18.5. The minimum absolute atomic E-state index is 0.0600. The van der Waals surface area contributed by atoms with E-state index in [0.717, 1.165) is 19.3 Å². The number of aliphatic hydroxyl groups excluding tert-OH is 2. The molecule has 0 aliphatic heterocycles. The lowest BCUT2D eigenvalue weighted by atomic mass is 10.1. The van der Waals surface area contributed by atoms with Crippen LogP contribution in [0.15, 0.2) is 0 Å². The van der Waals surface area contributed by atoms with Crippen LogP contribution in [-0.4, -0.2) is 55.7 Å². The SMILES string of the molecule is CCCCCC(CC)OS(=O)(=O)O.OCCONOCCO. The molecule has 0 rings (SSSR count). The zero-order chi connectivity index (χ0) is 17.3. The lowest BCUT2D eigenvalue weighted by Crippen LogP contribution is -2.19. The Morgan fingerprint density at radius 2 is 1.59 bits per heavy atom. The number of nitrogens with one attached hydrogen (secondary N) is 1. The lowest BCUT2D eigenvalue weighted by molar-refractivity contribution is -0.178. The van der Waals surface area contributed by atoms with Crippen molar-refractivity contribution in [2.45, 2.75) is 52.1 Å². The summed E-state index contributed by atoms with van der Waals surface area (Å²) in [5, 5.41) is 16.3. The molecule has 0 spiro atoms. The van der Waals surface area contributed by atoms with Crippen molar-refractivity contribution < 1.29 is 37.0 Å². The van der Waals surface area contributed by atoms with Crippen molar-refractivity contribution >= 4 is 10.4 Å². The largest absolute Gasteiger partial charge is 0.397 e. The van der Waals surface area contributed by atoms with Gasteiger partial charge < -0.3 is 10.2 Å². The first kappa shape index (κ1) is 23.9. The van der Waals surface area contributed by atoms with E-state index in [1.54, 1.807) is 0 Å². The Bertz CT molecular complexity index is 306. The molecule has 9 nitrogen and oxygen atoms in total. The number of hydrogen-bond donors (Lipinski definition) is 4. The molecule has 0 aromatic carbocycles. The average molecular weight is 347 g/mol. The maximum absolute atomic E-state index is 10.4. The maximum Gasteiger partial charge on any atom is 0.397 e. The van der Waals surface area contributed by atoms with E-state index in [0.29, 0.717) is 12.8 Å². The van der Waals surface area contributed by atoms with Gasteiger partial charge in [-0.25, -0.2) is 4.18 Å². The molecular weight excluding hydrogens is 318 g/mol. The van der Waals surface area contributed by atoms with Crippen molar-refractivity contribution in [3.05, 3.63) is 0 Å². The Morgan fingerprint density at radius 3 is 1.95 bits per heavy atom. The summed E-state index contributed by atoms with van der Waals surface area (Å²) in [6.07, 6.45) is 3.99. The summed E-state index contributed by atoms with van der Waals surface area (Å²) in [4.78, 5) is 8.90. The molecule has 4 N–H and O–H groups in total. The Morgan fingerprint density at radius 1 is 1.05 bits per heavy atom. The molecule has 22 heavy (non-hydrogen) atoms. The smallest absolute Gasteiger partial charge is 0.394 e. The van der Waals surface area contributed by atoms with Gasteiger partial charge in [0.05, 0.1) is 32.5 Å². The fourth-order valence-electron chi connectivity index (χ4n) is 1.33. The summed E-state index contributed by atoms with van der Waals surface area (Å²) in [5.41, 5.74) is 2.07. The minimum atomic E-state index is -4.27. The minimum Gasteiger partial charge on any atom is -0.394 e. The van der Waals surface area contributed by atoms with Crippen molar-refractivity contribution in [3.63, 3.8) is 0 Å². The van der Waals surface area contributed by atoms with Gasteiger partial charge in [0.25, 0.3) is 0 Å². The number of rotatable bonds is 13. The van der Waals surface area contributed by atoms with Crippen LogP contribution in [0.25, 0.3) is 0 Å². The first-order valence-electron chi connectivity index (χ1n) is 7.27. The topological polar surface area (TPSA) is 135 Å². The van der Waals surface area contributed by atoms with E-state index in [2.05, 4.69) is 26.4 Å². The lowest BCUT2D eigenvalue weighted by Gasteiger charge is -2.12. The first-order chi connectivity index (χ1) is 10.4.